The third-order valence-electron chi connectivity index (χ3n) is 1.68. The van der Waals surface area contributed by atoms with Gasteiger partial charge in [0.1, 0.15) is 10.8 Å². The summed E-state index contributed by atoms with van der Waals surface area (Å²) in [5, 5.41) is 4.97. The zero-order valence-electron chi connectivity index (χ0n) is 7.68. The van der Waals surface area contributed by atoms with E-state index in [4.69, 9.17) is 5.73 Å². The molecule has 0 atom stereocenters. The van der Waals surface area contributed by atoms with Crippen LogP contribution in [0.5, 0.6) is 0 Å². The van der Waals surface area contributed by atoms with E-state index in [2.05, 4.69) is 15.3 Å². The summed E-state index contributed by atoms with van der Waals surface area (Å²) >= 11 is 1.44. The number of nitrogens with two attached hydrogens (primary N) is 1. The lowest BCUT2D eigenvalue weighted by Gasteiger charge is -1.95. The summed E-state index contributed by atoms with van der Waals surface area (Å²) in [6.07, 6.45) is 3.38. The van der Waals surface area contributed by atoms with Crippen LogP contribution in [-0.4, -0.2) is 16.0 Å². The first-order valence-corrected chi connectivity index (χ1v) is 5.06. The van der Waals surface area contributed by atoms with Crippen molar-refractivity contribution in [2.24, 2.45) is 5.73 Å². The molecule has 2 rings (SSSR count). The molecule has 0 fully saturated rings. The standard InChI is InChI=1S/C9H8N4OS/c10-9(14)13-7-5-15-8(12-7)6-1-3-11-4-2-6/h1-5H,(H3,10,13,14). The van der Waals surface area contributed by atoms with Gasteiger partial charge in [0.25, 0.3) is 0 Å². The number of thiazole rings is 1. The highest BCUT2D eigenvalue weighted by atomic mass is 32.1. The molecule has 0 unspecified atom stereocenters. The molecule has 6 heteroatoms. The lowest BCUT2D eigenvalue weighted by atomic mass is 10.3. The lowest BCUT2D eigenvalue weighted by molar-refractivity contribution is 0.259. The second kappa shape index (κ2) is 4.05. The van der Waals surface area contributed by atoms with Gasteiger partial charge in [-0.25, -0.2) is 9.78 Å². The van der Waals surface area contributed by atoms with Crippen molar-refractivity contribution in [3.63, 3.8) is 0 Å². The molecule has 76 valence electrons. The van der Waals surface area contributed by atoms with Gasteiger partial charge < -0.3 is 5.73 Å². The van der Waals surface area contributed by atoms with E-state index < -0.39 is 6.03 Å². The number of rotatable bonds is 2. The van der Waals surface area contributed by atoms with Gasteiger partial charge in [0.15, 0.2) is 0 Å². The van der Waals surface area contributed by atoms with Gasteiger partial charge in [0.05, 0.1) is 0 Å². The molecule has 0 spiro atoms. The van der Waals surface area contributed by atoms with Crippen LogP contribution in [0.4, 0.5) is 10.6 Å². The number of nitrogens with one attached hydrogen (secondary N) is 1. The maximum absolute atomic E-state index is 10.6. The van der Waals surface area contributed by atoms with E-state index in [1.165, 1.54) is 11.3 Å². The predicted octanol–water partition coefficient (Wildman–Crippen LogP) is 1.70. The van der Waals surface area contributed by atoms with Gasteiger partial charge in [-0.05, 0) is 12.1 Å². The molecule has 0 aliphatic carbocycles. The molecule has 0 aromatic carbocycles. The minimum absolute atomic E-state index is 0.472. The Morgan fingerprint density at radius 2 is 2.13 bits per heavy atom. The molecule has 0 saturated carbocycles. The lowest BCUT2D eigenvalue weighted by Crippen LogP contribution is -2.19. The molecule has 0 aliphatic heterocycles. The first kappa shape index (κ1) is 9.60. The first-order chi connectivity index (χ1) is 7.25. The zero-order chi connectivity index (χ0) is 10.7. The smallest absolute Gasteiger partial charge is 0.317 e. The van der Waals surface area contributed by atoms with Crippen molar-refractivity contribution in [3.8, 4) is 10.6 Å². The molecule has 2 aromatic rings. The fourth-order valence-electron chi connectivity index (χ4n) is 1.08. The second-order valence-electron chi connectivity index (χ2n) is 2.76. The molecular formula is C9H8N4OS. The van der Waals surface area contributed by atoms with E-state index in [9.17, 15) is 4.79 Å². The largest absolute Gasteiger partial charge is 0.351 e. The number of anilines is 1. The summed E-state index contributed by atoms with van der Waals surface area (Å²) in [6, 6.07) is 3.10. The average Bonchev–Trinajstić information content (AvgIpc) is 2.67. The van der Waals surface area contributed by atoms with Gasteiger partial charge >= 0.3 is 6.03 Å². The summed E-state index contributed by atoms with van der Waals surface area (Å²) in [5.74, 6) is 0.472. The van der Waals surface area contributed by atoms with Crippen molar-refractivity contribution in [2.45, 2.75) is 0 Å². The fourth-order valence-corrected chi connectivity index (χ4v) is 1.84. The number of carbonyl (C=O) groups is 1. The molecule has 0 saturated heterocycles. The third kappa shape index (κ3) is 2.29. The number of hydrogen-bond acceptors (Lipinski definition) is 4. The number of amides is 2. The van der Waals surface area contributed by atoms with Crippen molar-refractivity contribution >= 4 is 23.2 Å². The van der Waals surface area contributed by atoms with Crippen LogP contribution in [0.15, 0.2) is 29.9 Å². The number of primary amides is 1. The molecule has 5 nitrogen and oxygen atoms in total. The molecule has 0 bridgehead atoms. The van der Waals surface area contributed by atoms with E-state index >= 15 is 0 Å². The Bertz CT molecular complexity index is 468. The van der Waals surface area contributed by atoms with Crippen LogP contribution in [0.3, 0.4) is 0 Å². The van der Waals surface area contributed by atoms with Gasteiger partial charge in [0.2, 0.25) is 0 Å². The van der Waals surface area contributed by atoms with Crippen molar-refractivity contribution in [1.82, 2.24) is 9.97 Å². The minimum Gasteiger partial charge on any atom is -0.351 e. The van der Waals surface area contributed by atoms with Crippen LogP contribution in [0.25, 0.3) is 10.6 Å². The average molecular weight is 220 g/mol. The normalized spacial score (nSPS) is 9.87. The van der Waals surface area contributed by atoms with Gasteiger partial charge in [-0.3, -0.25) is 10.3 Å². The Morgan fingerprint density at radius 1 is 1.40 bits per heavy atom. The van der Waals surface area contributed by atoms with Gasteiger partial charge in [0, 0.05) is 23.3 Å². The van der Waals surface area contributed by atoms with Gasteiger partial charge in [-0.2, -0.15) is 0 Å². The maximum atomic E-state index is 10.6. The molecule has 2 amide bonds. The van der Waals surface area contributed by atoms with Crippen molar-refractivity contribution < 1.29 is 4.79 Å². The van der Waals surface area contributed by atoms with E-state index in [1.54, 1.807) is 17.8 Å². The molecule has 3 N–H and O–H groups in total. The topological polar surface area (TPSA) is 80.9 Å². The third-order valence-corrected chi connectivity index (χ3v) is 2.57. The SMILES string of the molecule is NC(=O)Nc1csc(-c2ccncc2)n1. The van der Waals surface area contributed by atoms with Gasteiger partial charge in [-0.1, -0.05) is 0 Å². The van der Waals surface area contributed by atoms with Crippen LogP contribution in [0.1, 0.15) is 0 Å². The van der Waals surface area contributed by atoms with E-state index in [0.29, 0.717) is 5.82 Å². The van der Waals surface area contributed by atoms with E-state index in [-0.39, 0.29) is 0 Å². The minimum atomic E-state index is -0.610. The summed E-state index contributed by atoms with van der Waals surface area (Å²) in [7, 11) is 0. The highest BCUT2D eigenvalue weighted by Crippen LogP contribution is 2.24. The summed E-state index contributed by atoms with van der Waals surface area (Å²) in [6.45, 7) is 0. The van der Waals surface area contributed by atoms with Crippen LogP contribution in [0, 0.1) is 0 Å². The zero-order valence-corrected chi connectivity index (χ0v) is 8.49. The Labute approximate surface area is 90.0 Å². The Hall–Kier alpha value is -1.95. The van der Waals surface area contributed by atoms with Crippen LogP contribution < -0.4 is 11.1 Å². The number of urea groups is 1. The first-order valence-electron chi connectivity index (χ1n) is 4.18. The molecule has 2 heterocycles. The molecular weight excluding hydrogens is 212 g/mol. The Kier molecular flexibility index (Phi) is 2.59. The highest BCUT2D eigenvalue weighted by molar-refractivity contribution is 7.13. The quantitative estimate of drug-likeness (QED) is 0.808. The maximum Gasteiger partial charge on any atom is 0.317 e. The number of pyridine rings is 1. The van der Waals surface area contributed by atoms with E-state index in [1.807, 2.05) is 12.1 Å². The molecule has 15 heavy (non-hydrogen) atoms. The van der Waals surface area contributed by atoms with Crippen molar-refractivity contribution in [3.05, 3.63) is 29.9 Å². The van der Waals surface area contributed by atoms with E-state index in [0.717, 1.165) is 10.6 Å². The predicted molar refractivity (Wildman–Crippen MR) is 58.6 cm³/mol. The summed E-state index contributed by atoms with van der Waals surface area (Å²) in [4.78, 5) is 18.7. The monoisotopic (exact) mass is 220 g/mol. The van der Waals surface area contributed by atoms with Crippen molar-refractivity contribution in [2.75, 3.05) is 5.32 Å². The molecule has 0 radical (unpaired) electrons. The molecule has 0 aliphatic rings. The van der Waals surface area contributed by atoms with Crippen LogP contribution in [-0.2, 0) is 0 Å². The summed E-state index contributed by atoms with van der Waals surface area (Å²) in [5.41, 5.74) is 5.94. The number of aromatic nitrogens is 2. The second-order valence-corrected chi connectivity index (χ2v) is 3.62. The van der Waals surface area contributed by atoms with Gasteiger partial charge in [-0.15, -0.1) is 11.3 Å². The van der Waals surface area contributed by atoms with Crippen molar-refractivity contribution in [1.29, 1.82) is 0 Å². The number of nitrogens with zero attached hydrogens (tertiary/aromatic N) is 2. The van der Waals surface area contributed by atoms with Crippen LogP contribution in [0.2, 0.25) is 0 Å². The number of hydrogen-bond donors (Lipinski definition) is 2. The Balaban J connectivity index is 2.24. The van der Waals surface area contributed by atoms with Crippen LogP contribution >= 0.6 is 11.3 Å². The Morgan fingerprint density at radius 3 is 2.80 bits per heavy atom. The summed E-state index contributed by atoms with van der Waals surface area (Å²) < 4.78 is 0. The number of carbonyl (C=O) groups excluding carboxylic acids is 1. The molecule has 2 aromatic heterocycles. The highest BCUT2D eigenvalue weighted by Gasteiger charge is 2.04. The fraction of sp³-hybridized carbons (Fsp3) is 0.